The number of hydrogen-bond donors (Lipinski definition) is 2. The Kier molecular flexibility index (Phi) is 7.09. The maximum atomic E-state index is 5.66. The van der Waals surface area contributed by atoms with E-state index in [1.54, 1.807) is 0 Å². The molecule has 4 nitrogen and oxygen atoms in total. The number of nitrogens with one attached hydrogen (secondary N) is 1. The first kappa shape index (κ1) is 15.3. The second-order valence-corrected chi connectivity index (χ2v) is 5.26. The summed E-state index contributed by atoms with van der Waals surface area (Å²) >= 11 is 0. The lowest BCUT2D eigenvalue weighted by Crippen LogP contribution is -2.47. The van der Waals surface area contributed by atoms with Gasteiger partial charge in [-0.25, -0.2) is 10.8 Å². The molecule has 0 amide bonds. The second-order valence-electron chi connectivity index (χ2n) is 5.26. The molecule has 0 aromatic rings. The average molecular weight is 254 g/mol. The van der Waals surface area contributed by atoms with E-state index < -0.39 is 0 Å². The monoisotopic (exact) mass is 254 g/mol. The molecular formula is C14H30N4. The molecule has 0 radical (unpaired) electrons. The van der Waals surface area contributed by atoms with Gasteiger partial charge in [0.25, 0.3) is 0 Å². The van der Waals surface area contributed by atoms with E-state index in [1.165, 1.54) is 38.5 Å². The summed E-state index contributed by atoms with van der Waals surface area (Å²) in [5, 5.41) is 0. The van der Waals surface area contributed by atoms with Crippen molar-refractivity contribution < 1.29 is 0 Å². The predicted octanol–water partition coefficient (Wildman–Crippen LogP) is 2.51. The Morgan fingerprint density at radius 1 is 1.28 bits per heavy atom. The van der Waals surface area contributed by atoms with Crippen LogP contribution in [0, 0.1) is 5.92 Å². The number of hydrogen-bond acceptors (Lipinski definition) is 2. The van der Waals surface area contributed by atoms with Crippen molar-refractivity contribution in [1.82, 2.24) is 10.3 Å². The molecule has 0 heterocycles. The fourth-order valence-corrected chi connectivity index (χ4v) is 2.64. The van der Waals surface area contributed by atoms with Gasteiger partial charge in [0.15, 0.2) is 0 Å². The largest absolute Gasteiger partial charge is 0.342 e. The van der Waals surface area contributed by atoms with E-state index in [-0.39, 0.29) is 0 Å². The first-order valence-electron chi connectivity index (χ1n) is 7.54. The molecule has 18 heavy (non-hydrogen) atoms. The highest BCUT2D eigenvalue weighted by Gasteiger charge is 2.18. The van der Waals surface area contributed by atoms with Crippen LogP contribution in [0.25, 0.3) is 0 Å². The van der Waals surface area contributed by atoms with Gasteiger partial charge in [0.1, 0.15) is 0 Å². The van der Waals surface area contributed by atoms with Gasteiger partial charge >= 0.3 is 0 Å². The van der Waals surface area contributed by atoms with Crippen LogP contribution < -0.4 is 11.3 Å². The summed E-state index contributed by atoms with van der Waals surface area (Å²) in [5.74, 6) is 7.28. The van der Waals surface area contributed by atoms with Gasteiger partial charge in [-0.05, 0) is 25.7 Å². The lowest BCUT2D eigenvalue weighted by atomic mass is 10.0. The zero-order valence-corrected chi connectivity index (χ0v) is 12.3. The van der Waals surface area contributed by atoms with Gasteiger partial charge in [0, 0.05) is 13.1 Å². The minimum Gasteiger partial charge on any atom is -0.342 e. The standard InChI is InChI=1S/C14H30N4/c1-4-12(5-2)11-18(6-3)14(17-15)16-13-9-7-8-10-13/h12-13H,4-11,15H2,1-3H3,(H,16,17). The quantitative estimate of drug-likeness (QED) is 0.331. The Hall–Kier alpha value is -0.770. The molecule has 0 unspecified atom stereocenters. The average Bonchev–Trinajstić information content (AvgIpc) is 2.91. The molecule has 1 rings (SSSR count). The molecule has 106 valence electrons. The Morgan fingerprint density at radius 3 is 2.33 bits per heavy atom. The second kappa shape index (κ2) is 8.35. The SMILES string of the molecule is CCC(CC)CN(CC)C(=NC1CCCC1)NN. The van der Waals surface area contributed by atoms with E-state index in [9.17, 15) is 0 Å². The van der Waals surface area contributed by atoms with Crippen LogP contribution in [-0.4, -0.2) is 30.0 Å². The van der Waals surface area contributed by atoms with Crippen LogP contribution in [0.5, 0.6) is 0 Å². The Balaban J connectivity index is 2.63. The molecule has 1 fully saturated rings. The van der Waals surface area contributed by atoms with Gasteiger partial charge in [0.05, 0.1) is 6.04 Å². The first-order valence-corrected chi connectivity index (χ1v) is 7.54. The summed E-state index contributed by atoms with van der Waals surface area (Å²) in [6, 6.07) is 0.479. The van der Waals surface area contributed by atoms with Crippen molar-refractivity contribution in [2.75, 3.05) is 13.1 Å². The zero-order valence-electron chi connectivity index (χ0n) is 12.3. The minimum atomic E-state index is 0.479. The summed E-state index contributed by atoms with van der Waals surface area (Å²) in [6.45, 7) is 8.70. The van der Waals surface area contributed by atoms with Gasteiger partial charge in [-0.15, -0.1) is 0 Å². The van der Waals surface area contributed by atoms with Crippen LogP contribution in [0.4, 0.5) is 0 Å². The van der Waals surface area contributed by atoms with E-state index in [0.717, 1.165) is 25.0 Å². The first-order chi connectivity index (χ1) is 8.74. The Bertz CT molecular complexity index is 242. The molecule has 0 bridgehead atoms. The number of hydrazine groups is 1. The van der Waals surface area contributed by atoms with Crippen LogP contribution in [0.3, 0.4) is 0 Å². The third kappa shape index (κ3) is 4.48. The maximum Gasteiger partial charge on any atom is 0.208 e. The van der Waals surface area contributed by atoms with Crippen molar-refractivity contribution in [2.24, 2.45) is 16.8 Å². The van der Waals surface area contributed by atoms with Crippen molar-refractivity contribution in [1.29, 1.82) is 0 Å². The maximum absolute atomic E-state index is 5.66. The molecular weight excluding hydrogens is 224 g/mol. The van der Waals surface area contributed by atoms with Crippen LogP contribution in [0.15, 0.2) is 4.99 Å². The molecule has 0 aromatic carbocycles. The van der Waals surface area contributed by atoms with Crippen molar-refractivity contribution >= 4 is 5.96 Å². The van der Waals surface area contributed by atoms with Gasteiger partial charge < -0.3 is 4.90 Å². The van der Waals surface area contributed by atoms with Crippen LogP contribution >= 0.6 is 0 Å². The molecule has 4 heteroatoms. The lowest BCUT2D eigenvalue weighted by molar-refractivity contribution is 0.324. The van der Waals surface area contributed by atoms with E-state index >= 15 is 0 Å². The summed E-state index contributed by atoms with van der Waals surface area (Å²) in [4.78, 5) is 7.08. The van der Waals surface area contributed by atoms with Crippen LogP contribution in [-0.2, 0) is 0 Å². The number of nitrogens with zero attached hydrogens (tertiary/aromatic N) is 2. The molecule has 0 aliphatic heterocycles. The van der Waals surface area contributed by atoms with Gasteiger partial charge in [-0.3, -0.25) is 5.43 Å². The van der Waals surface area contributed by atoms with Gasteiger partial charge in [-0.2, -0.15) is 0 Å². The van der Waals surface area contributed by atoms with E-state index in [2.05, 4.69) is 31.1 Å². The zero-order chi connectivity index (χ0) is 13.4. The fraction of sp³-hybridized carbons (Fsp3) is 0.929. The minimum absolute atomic E-state index is 0.479. The highest BCUT2D eigenvalue weighted by atomic mass is 15.4. The van der Waals surface area contributed by atoms with Crippen LogP contribution in [0.2, 0.25) is 0 Å². The van der Waals surface area contributed by atoms with Crippen molar-refractivity contribution in [3.63, 3.8) is 0 Å². The van der Waals surface area contributed by atoms with Crippen molar-refractivity contribution in [3.05, 3.63) is 0 Å². The fourth-order valence-electron chi connectivity index (χ4n) is 2.64. The molecule has 1 aliphatic carbocycles. The molecule has 1 aliphatic rings. The summed E-state index contributed by atoms with van der Waals surface area (Å²) in [6.07, 6.45) is 7.49. The number of nitrogens with two attached hydrogens (primary N) is 1. The van der Waals surface area contributed by atoms with E-state index in [0.29, 0.717) is 6.04 Å². The van der Waals surface area contributed by atoms with E-state index in [4.69, 9.17) is 10.8 Å². The third-order valence-corrected chi connectivity index (χ3v) is 4.07. The predicted molar refractivity (Wildman–Crippen MR) is 78.3 cm³/mol. The summed E-state index contributed by atoms with van der Waals surface area (Å²) < 4.78 is 0. The molecule has 0 saturated heterocycles. The van der Waals surface area contributed by atoms with Crippen molar-refractivity contribution in [3.8, 4) is 0 Å². The highest BCUT2D eigenvalue weighted by Crippen LogP contribution is 2.21. The van der Waals surface area contributed by atoms with Gasteiger partial charge in [0.2, 0.25) is 5.96 Å². The third-order valence-electron chi connectivity index (χ3n) is 4.07. The highest BCUT2D eigenvalue weighted by molar-refractivity contribution is 5.79. The molecule has 0 atom stereocenters. The normalized spacial score (nSPS) is 17.5. The van der Waals surface area contributed by atoms with Crippen LogP contribution in [0.1, 0.15) is 59.3 Å². The number of aliphatic imine (C=N–C) groups is 1. The molecule has 0 spiro atoms. The Labute approximate surface area is 112 Å². The molecule has 0 aromatic heterocycles. The number of rotatable bonds is 6. The van der Waals surface area contributed by atoms with Gasteiger partial charge in [-0.1, -0.05) is 39.5 Å². The van der Waals surface area contributed by atoms with E-state index in [1.807, 2.05) is 0 Å². The topological polar surface area (TPSA) is 53.6 Å². The summed E-state index contributed by atoms with van der Waals surface area (Å²) in [5.41, 5.74) is 2.81. The lowest BCUT2D eigenvalue weighted by Gasteiger charge is -2.28. The van der Waals surface area contributed by atoms with Crippen molar-refractivity contribution in [2.45, 2.75) is 65.3 Å². The molecule has 1 saturated carbocycles. The smallest absolute Gasteiger partial charge is 0.208 e. The number of guanidine groups is 1. The molecule has 3 N–H and O–H groups in total. The Morgan fingerprint density at radius 2 is 1.89 bits per heavy atom. The summed E-state index contributed by atoms with van der Waals surface area (Å²) in [7, 11) is 0.